The van der Waals surface area contributed by atoms with Crippen molar-refractivity contribution in [2.75, 3.05) is 5.75 Å². The Morgan fingerprint density at radius 2 is 2.33 bits per heavy atom. The number of aryl methyl sites for hydroxylation is 2. The van der Waals surface area contributed by atoms with Crippen LogP contribution in [0.1, 0.15) is 22.3 Å². The van der Waals surface area contributed by atoms with Crippen LogP contribution in [0.5, 0.6) is 0 Å². The van der Waals surface area contributed by atoms with Gasteiger partial charge in [0.25, 0.3) is 0 Å². The number of nitrogens with zero attached hydrogens (tertiary/aromatic N) is 1. The minimum absolute atomic E-state index is 0.0462. The summed E-state index contributed by atoms with van der Waals surface area (Å²) in [6.07, 6.45) is 0. The molecule has 6 heteroatoms. The Kier molecular flexibility index (Phi) is 2.70. The first kappa shape index (κ1) is 10.5. The summed E-state index contributed by atoms with van der Waals surface area (Å²) < 4.78 is 0. The van der Waals surface area contributed by atoms with Crippen LogP contribution in [0.4, 0.5) is 0 Å². The molecule has 3 N–H and O–H groups in total. The standard InChI is InChI=1S/C9H13N3O2S/c1-4-7(5(2)12-11-4)8-10-6(3-15-8)9(13)14/h6,8,10H,3H2,1-2H3,(H,11,12)(H,13,14). The van der Waals surface area contributed by atoms with Crippen LogP contribution in [0.3, 0.4) is 0 Å². The van der Waals surface area contributed by atoms with Crippen molar-refractivity contribution in [3.8, 4) is 0 Å². The van der Waals surface area contributed by atoms with Crippen molar-refractivity contribution >= 4 is 17.7 Å². The van der Waals surface area contributed by atoms with Gasteiger partial charge < -0.3 is 5.11 Å². The number of thioether (sulfide) groups is 1. The minimum Gasteiger partial charge on any atom is -0.480 e. The Morgan fingerprint density at radius 1 is 1.60 bits per heavy atom. The largest absolute Gasteiger partial charge is 0.480 e. The highest BCUT2D eigenvalue weighted by atomic mass is 32.2. The lowest BCUT2D eigenvalue weighted by molar-refractivity contribution is -0.138. The number of H-pyrrole nitrogens is 1. The van der Waals surface area contributed by atoms with Crippen molar-refractivity contribution in [2.24, 2.45) is 0 Å². The molecule has 1 fully saturated rings. The highest BCUT2D eigenvalue weighted by Crippen LogP contribution is 2.35. The van der Waals surface area contributed by atoms with Gasteiger partial charge >= 0.3 is 5.97 Å². The molecular formula is C9H13N3O2S. The number of carboxylic acid groups (broad SMARTS) is 1. The number of aromatic amines is 1. The van der Waals surface area contributed by atoms with Gasteiger partial charge in [0.15, 0.2) is 0 Å². The third-order valence-corrected chi connectivity index (χ3v) is 3.76. The van der Waals surface area contributed by atoms with E-state index in [2.05, 4.69) is 15.5 Å². The zero-order chi connectivity index (χ0) is 11.0. The quantitative estimate of drug-likeness (QED) is 0.697. The number of nitrogens with one attached hydrogen (secondary N) is 2. The Labute approximate surface area is 91.6 Å². The Bertz CT molecular complexity index is 371. The highest BCUT2D eigenvalue weighted by molar-refractivity contribution is 7.99. The van der Waals surface area contributed by atoms with Crippen LogP contribution >= 0.6 is 11.8 Å². The molecule has 2 heterocycles. The van der Waals surface area contributed by atoms with Gasteiger partial charge in [-0.1, -0.05) is 0 Å². The molecule has 1 aliphatic heterocycles. The first-order valence-electron chi connectivity index (χ1n) is 4.71. The highest BCUT2D eigenvalue weighted by Gasteiger charge is 2.32. The second-order valence-electron chi connectivity index (χ2n) is 3.62. The normalized spacial score (nSPS) is 25.7. The lowest BCUT2D eigenvalue weighted by Crippen LogP contribution is -2.33. The molecule has 0 spiro atoms. The molecule has 0 saturated carbocycles. The second kappa shape index (κ2) is 3.86. The molecule has 1 saturated heterocycles. The molecule has 0 radical (unpaired) electrons. The Morgan fingerprint density at radius 3 is 2.80 bits per heavy atom. The molecule has 0 amide bonds. The molecule has 1 aromatic rings. The van der Waals surface area contributed by atoms with E-state index in [-0.39, 0.29) is 5.37 Å². The predicted octanol–water partition coefficient (Wildman–Crippen LogP) is 0.815. The van der Waals surface area contributed by atoms with E-state index in [0.717, 1.165) is 17.0 Å². The molecule has 5 nitrogen and oxygen atoms in total. The molecular weight excluding hydrogens is 214 g/mol. The number of hydrogen-bond donors (Lipinski definition) is 3. The Balaban J connectivity index is 2.17. The van der Waals surface area contributed by atoms with Gasteiger partial charge in [-0.05, 0) is 13.8 Å². The summed E-state index contributed by atoms with van der Waals surface area (Å²) in [7, 11) is 0. The van der Waals surface area contributed by atoms with Gasteiger partial charge in [-0.3, -0.25) is 15.2 Å². The average Bonchev–Trinajstić information content (AvgIpc) is 2.73. The van der Waals surface area contributed by atoms with Crippen molar-refractivity contribution < 1.29 is 9.90 Å². The van der Waals surface area contributed by atoms with Crippen LogP contribution in [0.25, 0.3) is 0 Å². The monoisotopic (exact) mass is 227 g/mol. The summed E-state index contributed by atoms with van der Waals surface area (Å²) >= 11 is 1.61. The van der Waals surface area contributed by atoms with E-state index in [1.54, 1.807) is 11.8 Å². The third-order valence-electron chi connectivity index (χ3n) is 2.53. The van der Waals surface area contributed by atoms with Gasteiger partial charge in [-0.25, -0.2) is 0 Å². The molecule has 1 aliphatic rings. The van der Waals surface area contributed by atoms with E-state index >= 15 is 0 Å². The van der Waals surface area contributed by atoms with E-state index < -0.39 is 12.0 Å². The van der Waals surface area contributed by atoms with Crippen LogP contribution < -0.4 is 5.32 Å². The van der Waals surface area contributed by atoms with Crippen molar-refractivity contribution in [3.05, 3.63) is 17.0 Å². The fourth-order valence-corrected chi connectivity index (χ4v) is 3.12. The molecule has 2 unspecified atom stereocenters. The molecule has 2 rings (SSSR count). The lowest BCUT2D eigenvalue weighted by Gasteiger charge is -2.11. The van der Waals surface area contributed by atoms with Crippen LogP contribution in [0, 0.1) is 13.8 Å². The number of hydrogen-bond acceptors (Lipinski definition) is 4. The SMILES string of the molecule is Cc1n[nH]c(C)c1C1NC(C(=O)O)CS1. The van der Waals surface area contributed by atoms with Crippen molar-refractivity contribution in [2.45, 2.75) is 25.3 Å². The van der Waals surface area contributed by atoms with Gasteiger partial charge in [0.05, 0.1) is 11.1 Å². The number of carboxylic acids is 1. The number of aromatic nitrogens is 2. The minimum atomic E-state index is -0.788. The number of carbonyl (C=O) groups is 1. The van der Waals surface area contributed by atoms with Crippen molar-refractivity contribution in [3.63, 3.8) is 0 Å². The van der Waals surface area contributed by atoms with Crippen LogP contribution in [0.15, 0.2) is 0 Å². The van der Waals surface area contributed by atoms with Gasteiger partial charge in [-0.2, -0.15) is 5.10 Å². The molecule has 0 aliphatic carbocycles. The fraction of sp³-hybridized carbons (Fsp3) is 0.556. The first-order chi connectivity index (χ1) is 7.09. The van der Waals surface area contributed by atoms with Crippen LogP contribution in [0.2, 0.25) is 0 Å². The number of aliphatic carboxylic acids is 1. The van der Waals surface area contributed by atoms with Crippen LogP contribution in [-0.4, -0.2) is 33.1 Å². The lowest BCUT2D eigenvalue weighted by atomic mass is 10.2. The zero-order valence-electron chi connectivity index (χ0n) is 8.57. The maximum atomic E-state index is 10.8. The fourth-order valence-electron chi connectivity index (χ4n) is 1.73. The molecule has 2 atom stereocenters. The second-order valence-corrected chi connectivity index (χ2v) is 4.76. The van der Waals surface area contributed by atoms with E-state index in [0.29, 0.717) is 5.75 Å². The van der Waals surface area contributed by atoms with Gasteiger partial charge in [-0.15, -0.1) is 11.8 Å². The summed E-state index contributed by atoms with van der Waals surface area (Å²) in [5.41, 5.74) is 3.02. The van der Waals surface area contributed by atoms with Gasteiger partial charge in [0.2, 0.25) is 0 Å². The number of rotatable bonds is 2. The molecule has 0 aromatic carbocycles. The average molecular weight is 227 g/mol. The third kappa shape index (κ3) is 1.87. The van der Waals surface area contributed by atoms with E-state index in [1.807, 2.05) is 13.8 Å². The summed E-state index contributed by atoms with van der Waals surface area (Å²) in [5, 5.41) is 19.0. The predicted molar refractivity (Wildman–Crippen MR) is 57.8 cm³/mol. The van der Waals surface area contributed by atoms with E-state index in [9.17, 15) is 4.79 Å². The molecule has 0 bridgehead atoms. The van der Waals surface area contributed by atoms with Gasteiger partial charge in [0.1, 0.15) is 6.04 Å². The van der Waals surface area contributed by atoms with E-state index in [4.69, 9.17) is 5.11 Å². The Hall–Kier alpha value is -1.01. The van der Waals surface area contributed by atoms with Crippen LogP contribution in [-0.2, 0) is 4.79 Å². The summed E-state index contributed by atoms with van der Waals surface area (Å²) in [5.74, 6) is -0.187. The molecule has 82 valence electrons. The first-order valence-corrected chi connectivity index (χ1v) is 5.76. The maximum Gasteiger partial charge on any atom is 0.321 e. The van der Waals surface area contributed by atoms with E-state index in [1.165, 1.54) is 0 Å². The smallest absolute Gasteiger partial charge is 0.321 e. The molecule has 1 aromatic heterocycles. The molecule has 15 heavy (non-hydrogen) atoms. The van der Waals surface area contributed by atoms with Gasteiger partial charge in [0, 0.05) is 17.0 Å². The summed E-state index contributed by atoms with van der Waals surface area (Å²) in [6, 6.07) is -0.450. The topological polar surface area (TPSA) is 78.0 Å². The van der Waals surface area contributed by atoms with Crippen molar-refractivity contribution in [1.29, 1.82) is 0 Å². The summed E-state index contributed by atoms with van der Waals surface area (Å²) in [6.45, 7) is 3.88. The van der Waals surface area contributed by atoms with Crippen molar-refractivity contribution in [1.82, 2.24) is 15.5 Å². The zero-order valence-corrected chi connectivity index (χ0v) is 9.39. The maximum absolute atomic E-state index is 10.8. The summed E-state index contributed by atoms with van der Waals surface area (Å²) in [4.78, 5) is 10.8.